The average Bonchev–Trinajstić information content (AvgIpc) is 3.42. The second-order valence-electron chi connectivity index (χ2n) is 8.78. The number of nitrogens with one attached hydrogen (secondary N) is 2. The van der Waals surface area contributed by atoms with Gasteiger partial charge in [0.2, 0.25) is 0 Å². The predicted octanol–water partition coefficient (Wildman–Crippen LogP) is 4.90. The van der Waals surface area contributed by atoms with Gasteiger partial charge in [-0.2, -0.15) is 5.10 Å². The minimum atomic E-state index is -0.513. The fourth-order valence-electron chi connectivity index (χ4n) is 3.82. The summed E-state index contributed by atoms with van der Waals surface area (Å²) in [6.07, 6.45) is 5.25. The lowest BCUT2D eigenvalue weighted by Gasteiger charge is -2.17. The van der Waals surface area contributed by atoms with Crippen LogP contribution in [0.25, 0.3) is 11.3 Å². The second kappa shape index (κ2) is 21.4. The highest BCUT2D eigenvalue weighted by Crippen LogP contribution is 2.39. The predicted molar refractivity (Wildman–Crippen MR) is 159 cm³/mol. The Morgan fingerprint density at radius 1 is 1.05 bits per heavy atom. The Kier molecular flexibility index (Phi) is 19.6. The van der Waals surface area contributed by atoms with Crippen molar-refractivity contribution >= 4 is 18.2 Å². The summed E-state index contributed by atoms with van der Waals surface area (Å²) < 4.78 is 17.3. The van der Waals surface area contributed by atoms with E-state index in [-0.39, 0.29) is 24.1 Å². The molecule has 0 aliphatic rings. The molecule has 2 N–H and O–H groups in total. The van der Waals surface area contributed by atoms with Gasteiger partial charge < -0.3 is 29.6 Å². The molecule has 1 aromatic heterocycles. The van der Waals surface area contributed by atoms with Gasteiger partial charge in [-0.3, -0.25) is 14.3 Å². The van der Waals surface area contributed by atoms with Crippen molar-refractivity contribution in [2.75, 3.05) is 34.9 Å². The van der Waals surface area contributed by atoms with Gasteiger partial charge >= 0.3 is 5.97 Å². The summed E-state index contributed by atoms with van der Waals surface area (Å²) in [4.78, 5) is 34.4. The van der Waals surface area contributed by atoms with Crippen LogP contribution in [0.4, 0.5) is 0 Å². The van der Waals surface area contributed by atoms with Crippen molar-refractivity contribution in [3.05, 3.63) is 30.0 Å². The van der Waals surface area contributed by atoms with Crippen LogP contribution < -0.4 is 20.1 Å². The molecule has 0 bridgehead atoms. The first-order valence-electron chi connectivity index (χ1n) is 14.1. The first kappa shape index (κ1) is 36.6. The molecule has 0 spiro atoms. The van der Waals surface area contributed by atoms with Crippen molar-refractivity contribution in [3.63, 3.8) is 0 Å². The van der Waals surface area contributed by atoms with Crippen molar-refractivity contribution in [2.24, 2.45) is 5.92 Å². The number of likely N-dealkylation sites (N-methyl/N-ethyl adjacent to an activating group) is 1. The number of hydrogen-bond acceptors (Lipinski definition) is 8. The lowest BCUT2D eigenvalue weighted by Crippen LogP contribution is -2.36. The lowest BCUT2D eigenvalue weighted by atomic mass is 10.0. The molecule has 1 amide bonds. The highest BCUT2D eigenvalue weighted by molar-refractivity contribution is 5.95. The summed E-state index contributed by atoms with van der Waals surface area (Å²) in [6.45, 7) is 11.3. The molecule has 0 saturated carbocycles. The SMILES string of the molecule is CC.CCCCC(C=O)NC(=O)c1cc(-c2c(OC)cccc2OC)n(CC(CC)CC)n1.CNCC(=O)OC. The molecule has 1 unspecified atom stereocenters. The van der Waals surface area contributed by atoms with Crippen molar-refractivity contribution < 1.29 is 28.6 Å². The fraction of sp³-hybridized carbons (Fsp3) is 0.600. The minimum absolute atomic E-state index is 0.234. The number of carbonyl (C=O) groups excluding carboxylic acids is 3. The number of esters is 1. The van der Waals surface area contributed by atoms with Crippen molar-refractivity contribution in [1.29, 1.82) is 0 Å². The highest BCUT2D eigenvalue weighted by Gasteiger charge is 2.23. The average molecular weight is 563 g/mol. The molecule has 226 valence electrons. The number of ether oxygens (including phenoxy) is 3. The largest absolute Gasteiger partial charge is 0.496 e. The molecular formula is C30H50N4O6. The van der Waals surface area contributed by atoms with Crippen molar-refractivity contribution in [1.82, 2.24) is 20.4 Å². The fourth-order valence-corrected chi connectivity index (χ4v) is 3.82. The van der Waals surface area contributed by atoms with E-state index in [2.05, 4.69) is 41.2 Å². The normalized spacial score (nSPS) is 10.8. The summed E-state index contributed by atoms with van der Waals surface area (Å²) in [7, 11) is 6.27. The molecule has 1 atom stereocenters. The van der Waals surface area contributed by atoms with Gasteiger partial charge in [-0.1, -0.05) is 66.4 Å². The monoisotopic (exact) mass is 562 g/mol. The number of aldehydes is 1. The minimum Gasteiger partial charge on any atom is -0.496 e. The standard InChI is InChI=1S/C24H35N3O4.C4H9NO2.C2H6/c1-6-9-11-18(16-28)25-24(29)19-14-20(27(26-19)15-17(7-2)8-3)23-21(30-4)12-10-13-22(23)31-5;1-5-3-4(6)7-2;1-2/h10,12-14,16-18H,6-9,11,15H2,1-5H3,(H,25,29);5H,3H2,1-2H3;1-2H3. The maximum absolute atomic E-state index is 12.9. The van der Waals surface area contributed by atoms with Gasteiger partial charge in [0.1, 0.15) is 17.8 Å². The van der Waals surface area contributed by atoms with Crippen LogP contribution in [-0.2, 0) is 20.9 Å². The third-order valence-electron chi connectivity index (χ3n) is 6.18. The topological polar surface area (TPSA) is 121 Å². The smallest absolute Gasteiger partial charge is 0.319 e. The molecule has 0 saturated heterocycles. The van der Waals surface area contributed by atoms with Crippen molar-refractivity contribution in [2.45, 2.75) is 79.3 Å². The molecule has 2 rings (SSSR count). The third kappa shape index (κ3) is 11.8. The maximum atomic E-state index is 12.9. The summed E-state index contributed by atoms with van der Waals surface area (Å²) in [5.74, 6) is 1.12. The number of nitrogens with zero attached hydrogens (tertiary/aromatic N) is 2. The number of methoxy groups -OCH3 is 3. The molecule has 10 heteroatoms. The Hall–Kier alpha value is -3.40. The van der Waals surface area contributed by atoms with Gasteiger partial charge in [0.05, 0.1) is 45.2 Å². The van der Waals surface area contributed by atoms with E-state index < -0.39 is 6.04 Å². The third-order valence-corrected chi connectivity index (χ3v) is 6.18. The van der Waals surface area contributed by atoms with Crippen LogP contribution in [-0.4, -0.2) is 68.9 Å². The Labute approximate surface area is 240 Å². The second-order valence-corrected chi connectivity index (χ2v) is 8.78. The Balaban J connectivity index is 0.00000147. The van der Waals surface area contributed by atoms with E-state index in [0.29, 0.717) is 30.4 Å². The van der Waals surface area contributed by atoms with E-state index >= 15 is 0 Å². The van der Waals surface area contributed by atoms with E-state index in [1.54, 1.807) is 27.3 Å². The Bertz CT molecular complexity index is 982. The summed E-state index contributed by atoms with van der Waals surface area (Å²) in [6, 6.07) is 6.82. The van der Waals surface area contributed by atoms with Crippen LogP contribution in [0.1, 0.15) is 77.2 Å². The molecule has 0 fully saturated rings. The molecule has 0 aliphatic carbocycles. The highest BCUT2D eigenvalue weighted by atomic mass is 16.5. The van der Waals surface area contributed by atoms with E-state index in [0.717, 1.165) is 43.2 Å². The first-order valence-corrected chi connectivity index (χ1v) is 14.1. The number of unbranched alkanes of at least 4 members (excludes halogenated alkanes) is 1. The van der Waals surface area contributed by atoms with Crippen LogP contribution in [0, 0.1) is 5.92 Å². The van der Waals surface area contributed by atoms with Crippen LogP contribution >= 0.6 is 0 Å². The number of rotatable bonds is 15. The maximum Gasteiger partial charge on any atom is 0.319 e. The zero-order valence-electron chi connectivity index (χ0n) is 25.8. The lowest BCUT2D eigenvalue weighted by molar-refractivity contribution is -0.139. The molecule has 1 heterocycles. The Morgan fingerprint density at radius 3 is 2.08 bits per heavy atom. The van der Waals surface area contributed by atoms with Crippen LogP contribution in [0.5, 0.6) is 11.5 Å². The van der Waals surface area contributed by atoms with E-state index in [4.69, 9.17) is 9.47 Å². The number of aromatic nitrogens is 2. The Morgan fingerprint density at radius 2 is 1.65 bits per heavy atom. The van der Waals surface area contributed by atoms with E-state index in [1.807, 2.05) is 36.7 Å². The molecule has 0 radical (unpaired) electrons. The van der Waals surface area contributed by atoms with Gasteiger partial charge in [0, 0.05) is 6.54 Å². The number of carbonyl (C=O) groups is 3. The zero-order chi connectivity index (χ0) is 30.5. The molecular weight excluding hydrogens is 512 g/mol. The van der Waals surface area contributed by atoms with Crippen LogP contribution in [0.2, 0.25) is 0 Å². The number of hydrogen-bond donors (Lipinski definition) is 2. The summed E-state index contributed by atoms with van der Waals surface area (Å²) in [5, 5.41) is 10.1. The van der Waals surface area contributed by atoms with Gasteiger partial charge in [-0.15, -0.1) is 0 Å². The molecule has 40 heavy (non-hydrogen) atoms. The van der Waals surface area contributed by atoms with Crippen LogP contribution in [0.15, 0.2) is 24.3 Å². The van der Waals surface area contributed by atoms with Gasteiger partial charge in [-0.05, 0) is 37.6 Å². The number of benzene rings is 1. The van der Waals surface area contributed by atoms with E-state index in [1.165, 1.54) is 7.11 Å². The summed E-state index contributed by atoms with van der Waals surface area (Å²) >= 11 is 0. The van der Waals surface area contributed by atoms with Crippen molar-refractivity contribution in [3.8, 4) is 22.8 Å². The molecule has 1 aromatic carbocycles. The molecule has 2 aromatic rings. The van der Waals surface area contributed by atoms with Gasteiger partial charge in [0.25, 0.3) is 5.91 Å². The molecule has 10 nitrogen and oxygen atoms in total. The van der Waals surface area contributed by atoms with E-state index in [9.17, 15) is 14.4 Å². The first-order chi connectivity index (χ1) is 19.3. The van der Waals surface area contributed by atoms with Gasteiger partial charge in [0.15, 0.2) is 5.69 Å². The summed E-state index contributed by atoms with van der Waals surface area (Å²) in [5.41, 5.74) is 1.78. The van der Waals surface area contributed by atoms with Crippen LogP contribution in [0.3, 0.4) is 0 Å². The zero-order valence-corrected chi connectivity index (χ0v) is 25.8. The quantitative estimate of drug-likeness (QED) is 0.232. The van der Waals surface area contributed by atoms with Gasteiger partial charge in [-0.25, -0.2) is 0 Å². The molecule has 0 aliphatic heterocycles. The number of amides is 1.